The number of piperidine rings is 1. The predicted molar refractivity (Wildman–Crippen MR) is 77.8 cm³/mol. The third kappa shape index (κ3) is 2.95. The van der Waals surface area contributed by atoms with E-state index in [9.17, 15) is 4.79 Å². The Morgan fingerprint density at radius 1 is 1.42 bits per heavy atom. The number of likely N-dealkylation sites (N-methyl/N-ethyl adjacent to an activating group) is 1. The Morgan fingerprint density at radius 3 is 2.74 bits per heavy atom. The van der Waals surface area contributed by atoms with Gasteiger partial charge in [0.1, 0.15) is 0 Å². The van der Waals surface area contributed by atoms with Crippen molar-refractivity contribution in [1.82, 2.24) is 10.2 Å². The lowest BCUT2D eigenvalue weighted by molar-refractivity contribution is -0.124. The summed E-state index contributed by atoms with van der Waals surface area (Å²) in [4.78, 5) is 14.3. The van der Waals surface area contributed by atoms with Crippen molar-refractivity contribution in [2.75, 3.05) is 13.6 Å². The second kappa shape index (κ2) is 5.80. The van der Waals surface area contributed by atoms with Crippen molar-refractivity contribution in [3.05, 3.63) is 0 Å². The molecule has 4 unspecified atom stereocenters. The normalized spacial score (nSPS) is 32.6. The zero-order chi connectivity index (χ0) is 14.0. The first kappa shape index (κ1) is 14.8. The summed E-state index contributed by atoms with van der Waals surface area (Å²) in [7, 11) is 1.83. The third-order valence-electron chi connectivity index (χ3n) is 5.40. The van der Waals surface area contributed by atoms with Crippen LogP contribution < -0.4 is 11.1 Å². The average molecular weight is 267 g/mol. The fourth-order valence-corrected chi connectivity index (χ4v) is 4.07. The maximum absolute atomic E-state index is 11.6. The van der Waals surface area contributed by atoms with Crippen LogP contribution in [0.15, 0.2) is 0 Å². The van der Waals surface area contributed by atoms with Crippen molar-refractivity contribution >= 4 is 5.91 Å². The van der Waals surface area contributed by atoms with Crippen LogP contribution >= 0.6 is 0 Å². The molecule has 0 bridgehead atoms. The van der Waals surface area contributed by atoms with E-state index < -0.39 is 5.54 Å². The number of primary amides is 1. The molecule has 0 aromatic heterocycles. The van der Waals surface area contributed by atoms with E-state index in [4.69, 9.17) is 5.73 Å². The fourth-order valence-electron chi connectivity index (χ4n) is 4.07. The van der Waals surface area contributed by atoms with Gasteiger partial charge in [-0.2, -0.15) is 0 Å². The van der Waals surface area contributed by atoms with Gasteiger partial charge in [-0.25, -0.2) is 0 Å². The van der Waals surface area contributed by atoms with Gasteiger partial charge in [-0.05, 0) is 65.5 Å². The molecule has 110 valence electrons. The Morgan fingerprint density at radius 2 is 2.11 bits per heavy atom. The minimum absolute atomic E-state index is 0.248. The number of carbonyl (C=O) groups excluding carboxylic acids is 1. The molecule has 4 atom stereocenters. The predicted octanol–water partition coefficient (Wildman–Crippen LogP) is 1.49. The van der Waals surface area contributed by atoms with Crippen LogP contribution in [-0.2, 0) is 4.79 Å². The van der Waals surface area contributed by atoms with Gasteiger partial charge in [-0.1, -0.05) is 6.42 Å². The number of carbonyl (C=O) groups is 1. The van der Waals surface area contributed by atoms with Gasteiger partial charge >= 0.3 is 0 Å². The summed E-state index contributed by atoms with van der Waals surface area (Å²) in [6.45, 7) is 5.35. The SMILES string of the molecule is CNC(C)(CC(C)N1CCCC2CCCC21)C(N)=O. The second-order valence-corrected chi connectivity index (χ2v) is 6.64. The number of amides is 1. The first-order valence-electron chi connectivity index (χ1n) is 7.72. The highest BCUT2D eigenvalue weighted by molar-refractivity contribution is 5.84. The lowest BCUT2D eigenvalue weighted by Crippen LogP contribution is -2.57. The number of nitrogens with two attached hydrogens (primary N) is 1. The van der Waals surface area contributed by atoms with Crippen molar-refractivity contribution in [3.8, 4) is 0 Å². The molecular weight excluding hydrogens is 238 g/mol. The highest BCUT2D eigenvalue weighted by Crippen LogP contribution is 2.38. The van der Waals surface area contributed by atoms with Crippen LogP contribution in [0.3, 0.4) is 0 Å². The van der Waals surface area contributed by atoms with Crippen LogP contribution in [0.1, 0.15) is 52.4 Å². The molecule has 2 aliphatic rings. The molecule has 1 heterocycles. The Kier molecular flexibility index (Phi) is 4.51. The minimum Gasteiger partial charge on any atom is -0.368 e. The number of hydrogen-bond donors (Lipinski definition) is 2. The lowest BCUT2D eigenvalue weighted by Gasteiger charge is -2.43. The molecule has 0 spiro atoms. The zero-order valence-electron chi connectivity index (χ0n) is 12.6. The van der Waals surface area contributed by atoms with E-state index in [0.29, 0.717) is 6.04 Å². The number of rotatable bonds is 5. The topological polar surface area (TPSA) is 58.4 Å². The maximum Gasteiger partial charge on any atom is 0.237 e. The van der Waals surface area contributed by atoms with Gasteiger partial charge in [0.25, 0.3) is 0 Å². The van der Waals surface area contributed by atoms with Gasteiger partial charge in [0.05, 0.1) is 5.54 Å². The van der Waals surface area contributed by atoms with Crippen molar-refractivity contribution in [1.29, 1.82) is 0 Å². The summed E-state index contributed by atoms with van der Waals surface area (Å²) in [5.74, 6) is 0.646. The van der Waals surface area contributed by atoms with Crippen molar-refractivity contribution in [2.24, 2.45) is 11.7 Å². The third-order valence-corrected chi connectivity index (χ3v) is 5.40. The van der Waals surface area contributed by atoms with Gasteiger partial charge in [0.15, 0.2) is 0 Å². The molecule has 0 aromatic carbocycles. The van der Waals surface area contributed by atoms with E-state index in [2.05, 4.69) is 17.1 Å². The molecule has 1 aliphatic carbocycles. The van der Waals surface area contributed by atoms with Crippen LogP contribution in [0, 0.1) is 5.92 Å². The number of nitrogens with one attached hydrogen (secondary N) is 1. The minimum atomic E-state index is -0.592. The van der Waals surface area contributed by atoms with Crippen LogP contribution in [0.5, 0.6) is 0 Å². The Balaban J connectivity index is 2.02. The highest BCUT2D eigenvalue weighted by Gasteiger charge is 2.40. The molecule has 2 fully saturated rings. The second-order valence-electron chi connectivity index (χ2n) is 6.64. The van der Waals surface area contributed by atoms with Crippen LogP contribution in [0.2, 0.25) is 0 Å². The summed E-state index contributed by atoms with van der Waals surface area (Å²) in [5, 5.41) is 3.11. The first-order chi connectivity index (χ1) is 8.98. The van der Waals surface area contributed by atoms with Gasteiger partial charge in [-0.15, -0.1) is 0 Å². The van der Waals surface area contributed by atoms with Crippen molar-refractivity contribution < 1.29 is 4.79 Å². The summed E-state index contributed by atoms with van der Waals surface area (Å²) in [5.41, 5.74) is 4.95. The lowest BCUT2D eigenvalue weighted by atomic mass is 9.87. The monoisotopic (exact) mass is 267 g/mol. The van der Waals surface area contributed by atoms with E-state index in [1.54, 1.807) is 0 Å². The number of hydrogen-bond acceptors (Lipinski definition) is 3. The molecule has 1 amide bonds. The van der Waals surface area contributed by atoms with E-state index in [0.717, 1.165) is 18.4 Å². The molecule has 2 rings (SSSR count). The van der Waals surface area contributed by atoms with Gasteiger partial charge in [0, 0.05) is 12.1 Å². The maximum atomic E-state index is 11.6. The summed E-state index contributed by atoms with van der Waals surface area (Å²) >= 11 is 0. The smallest absolute Gasteiger partial charge is 0.237 e. The summed E-state index contributed by atoms with van der Waals surface area (Å²) in [6, 6.07) is 1.16. The van der Waals surface area contributed by atoms with E-state index in [1.807, 2.05) is 14.0 Å². The molecule has 3 N–H and O–H groups in total. The zero-order valence-corrected chi connectivity index (χ0v) is 12.6. The standard InChI is InChI=1S/C15H29N3O/c1-11(10-15(2,17-3)14(16)19)18-9-5-7-12-6-4-8-13(12)18/h11-13,17H,4-10H2,1-3H3,(H2,16,19). The molecule has 19 heavy (non-hydrogen) atoms. The van der Waals surface area contributed by atoms with Gasteiger partial charge in [-0.3, -0.25) is 9.69 Å². The summed E-state index contributed by atoms with van der Waals surface area (Å²) in [6.07, 6.45) is 7.60. The van der Waals surface area contributed by atoms with Gasteiger partial charge in [0.2, 0.25) is 5.91 Å². The molecule has 0 aromatic rings. The number of fused-ring (bicyclic) bond motifs is 1. The van der Waals surface area contributed by atoms with Crippen LogP contribution in [0.25, 0.3) is 0 Å². The molecule has 1 aliphatic heterocycles. The Labute approximate surface area is 117 Å². The quantitative estimate of drug-likeness (QED) is 0.793. The molecule has 1 saturated carbocycles. The fraction of sp³-hybridized carbons (Fsp3) is 0.933. The van der Waals surface area contributed by atoms with Gasteiger partial charge < -0.3 is 11.1 Å². The highest BCUT2D eigenvalue weighted by atomic mass is 16.1. The average Bonchev–Trinajstić information content (AvgIpc) is 2.86. The van der Waals surface area contributed by atoms with E-state index >= 15 is 0 Å². The van der Waals surface area contributed by atoms with Crippen LogP contribution in [0.4, 0.5) is 0 Å². The van der Waals surface area contributed by atoms with E-state index in [-0.39, 0.29) is 5.91 Å². The van der Waals surface area contributed by atoms with E-state index in [1.165, 1.54) is 38.6 Å². The molecule has 0 radical (unpaired) electrons. The van der Waals surface area contributed by atoms with Crippen molar-refractivity contribution in [2.45, 2.75) is 70.0 Å². The number of nitrogens with zero attached hydrogens (tertiary/aromatic N) is 1. The Hall–Kier alpha value is -0.610. The molecule has 4 heteroatoms. The number of likely N-dealkylation sites (tertiary alicyclic amines) is 1. The molecular formula is C15H29N3O. The largest absolute Gasteiger partial charge is 0.368 e. The van der Waals surface area contributed by atoms with Crippen LogP contribution in [-0.4, -0.2) is 42.0 Å². The summed E-state index contributed by atoms with van der Waals surface area (Å²) < 4.78 is 0. The molecule has 1 saturated heterocycles. The Bertz CT molecular complexity index is 333. The van der Waals surface area contributed by atoms with Crippen molar-refractivity contribution in [3.63, 3.8) is 0 Å². The molecule has 4 nitrogen and oxygen atoms in total. The first-order valence-corrected chi connectivity index (χ1v) is 7.72.